The van der Waals surface area contributed by atoms with Gasteiger partial charge in [0.1, 0.15) is 0 Å². The predicted molar refractivity (Wildman–Crippen MR) is 84.7 cm³/mol. The summed E-state index contributed by atoms with van der Waals surface area (Å²) < 4.78 is 5.34. The topological polar surface area (TPSA) is 42.2 Å². The maximum Gasteiger partial charge on any atom is 0.243 e. The minimum absolute atomic E-state index is 0.0273. The average Bonchev–Trinajstić information content (AvgIpc) is 2.92. The molecular weight excluding hydrogens is 309 g/mol. The molecule has 21 heavy (non-hydrogen) atoms. The highest BCUT2D eigenvalue weighted by atomic mass is 35.5. The summed E-state index contributed by atoms with van der Waals surface area (Å²) in [6, 6.07) is 5.67. The van der Waals surface area contributed by atoms with Gasteiger partial charge in [-0.3, -0.25) is 4.90 Å². The molecule has 0 bridgehead atoms. The van der Waals surface area contributed by atoms with Crippen molar-refractivity contribution in [3.05, 3.63) is 45.5 Å². The fourth-order valence-electron chi connectivity index (χ4n) is 1.90. The molecule has 0 N–H and O–H groups in total. The van der Waals surface area contributed by atoms with Crippen LogP contribution in [0.5, 0.6) is 0 Å². The number of aromatic nitrogens is 2. The molecule has 0 fully saturated rings. The zero-order valence-corrected chi connectivity index (χ0v) is 14.1. The van der Waals surface area contributed by atoms with Crippen LogP contribution in [-0.2, 0) is 6.54 Å². The Balaban J connectivity index is 2.07. The first-order valence-electron chi connectivity index (χ1n) is 6.86. The van der Waals surface area contributed by atoms with E-state index in [0.29, 0.717) is 15.9 Å². The normalized spacial score (nSPS) is 13.1. The lowest BCUT2D eigenvalue weighted by atomic mass is 10.2. The van der Waals surface area contributed by atoms with Crippen molar-refractivity contribution in [1.82, 2.24) is 15.0 Å². The molecule has 1 unspecified atom stereocenters. The van der Waals surface area contributed by atoms with Crippen molar-refractivity contribution >= 4 is 23.2 Å². The van der Waals surface area contributed by atoms with Gasteiger partial charge in [-0.1, -0.05) is 48.3 Å². The van der Waals surface area contributed by atoms with Gasteiger partial charge in [-0.05, 0) is 31.7 Å². The van der Waals surface area contributed by atoms with Gasteiger partial charge in [0.25, 0.3) is 0 Å². The number of hydrogen-bond acceptors (Lipinski definition) is 4. The van der Waals surface area contributed by atoms with Crippen LogP contribution in [0.25, 0.3) is 0 Å². The van der Waals surface area contributed by atoms with Gasteiger partial charge in [0.05, 0.1) is 16.1 Å². The van der Waals surface area contributed by atoms with Gasteiger partial charge in [-0.25, -0.2) is 0 Å². The van der Waals surface area contributed by atoms with E-state index in [-0.39, 0.29) is 12.0 Å². The largest absolute Gasteiger partial charge is 0.338 e. The molecule has 0 amide bonds. The molecule has 1 atom stereocenters. The van der Waals surface area contributed by atoms with E-state index in [1.54, 1.807) is 6.07 Å². The Morgan fingerprint density at radius 3 is 2.48 bits per heavy atom. The summed E-state index contributed by atoms with van der Waals surface area (Å²) in [7, 11) is 2.01. The lowest BCUT2D eigenvalue weighted by Gasteiger charge is -2.21. The van der Waals surface area contributed by atoms with E-state index in [1.807, 2.05) is 40.0 Å². The zero-order valence-electron chi connectivity index (χ0n) is 12.6. The highest BCUT2D eigenvalue weighted by molar-refractivity contribution is 6.42. The number of halogens is 2. The van der Waals surface area contributed by atoms with E-state index in [9.17, 15) is 0 Å². The summed E-state index contributed by atoms with van der Waals surface area (Å²) in [4.78, 5) is 6.56. The molecule has 1 heterocycles. The van der Waals surface area contributed by atoms with Gasteiger partial charge >= 0.3 is 0 Å². The first-order chi connectivity index (χ1) is 9.88. The van der Waals surface area contributed by atoms with Gasteiger partial charge < -0.3 is 4.52 Å². The van der Waals surface area contributed by atoms with Gasteiger partial charge in [0, 0.05) is 12.5 Å². The number of nitrogens with zero attached hydrogens (tertiary/aromatic N) is 3. The predicted octanol–water partition coefficient (Wildman–Crippen LogP) is 4.69. The van der Waals surface area contributed by atoms with Crippen molar-refractivity contribution in [1.29, 1.82) is 0 Å². The van der Waals surface area contributed by atoms with Crippen LogP contribution in [0.2, 0.25) is 10.0 Å². The molecule has 0 aliphatic rings. The second-order valence-corrected chi connectivity index (χ2v) is 6.30. The molecule has 0 aliphatic heterocycles. The van der Waals surface area contributed by atoms with Crippen molar-refractivity contribution in [2.45, 2.75) is 39.3 Å². The van der Waals surface area contributed by atoms with Crippen molar-refractivity contribution in [2.75, 3.05) is 7.05 Å². The van der Waals surface area contributed by atoms with Crippen LogP contribution < -0.4 is 0 Å². The smallest absolute Gasteiger partial charge is 0.243 e. The molecule has 0 spiro atoms. The summed E-state index contributed by atoms with van der Waals surface area (Å²) >= 11 is 12.0. The van der Waals surface area contributed by atoms with E-state index in [2.05, 4.69) is 15.0 Å². The molecule has 4 nitrogen and oxygen atoms in total. The Kier molecular flexibility index (Phi) is 5.25. The second kappa shape index (κ2) is 6.77. The first kappa shape index (κ1) is 16.3. The lowest BCUT2D eigenvalue weighted by Crippen LogP contribution is -2.22. The third-order valence-corrected chi connectivity index (χ3v) is 4.15. The van der Waals surface area contributed by atoms with Crippen LogP contribution in [0, 0.1) is 0 Å². The quantitative estimate of drug-likeness (QED) is 0.798. The minimum Gasteiger partial charge on any atom is -0.338 e. The molecular formula is C15H19Cl2N3O. The molecule has 1 aromatic heterocycles. The van der Waals surface area contributed by atoms with Crippen molar-refractivity contribution in [3.8, 4) is 0 Å². The van der Waals surface area contributed by atoms with Crippen LogP contribution >= 0.6 is 23.2 Å². The number of benzene rings is 1. The number of rotatable bonds is 5. The molecule has 2 rings (SSSR count). The zero-order chi connectivity index (χ0) is 15.6. The van der Waals surface area contributed by atoms with Crippen molar-refractivity contribution in [2.24, 2.45) is 0 Å². The highest BCUT2D eigenvalue weighted by Crippen LogP contribution is 2.25. The van der Waals surface area contributed by atoms with E-state index in [0.717, 1.165) is 17.9 Å². The van der Waals surface area contributed by atoms with Crippen LogP contribution in [0.15, 0.2) is 22.7 Å². The Labute approximate surface area is 135 Å². The lowest BCUT2D eigenvalue weighted by molar-refractivity contribution is 0.202. The summed E-state index contributed by atoms with van der Waals surface area (Å²) in [5.74, 6) is 1.62. The molecule has 0 aliphatic carbocycles. The molecule has 114 valence electrons. The second-order valence-electron chi connectivity index (χ2n) is 5.49. The average molecular weight is 328 g/mol. The minimum atomic E-state index is 0.0273. The van der Waals surface area contributed by atoms with E-state index in [4.69, 9.17) is 27.7 Å². The molecule has 6 heteroatoms. The Bertz CT molecular complexity index is 613. The van der Waals surface area contributed by atoms with Crippen LogP contribution in [0.1, 0.15) is 50.0 Å². The van der Waals surface area contributed by atoms with Crippen LogP contribution in [0.3, 0.4) is 0 Å². The maximum atomic E-state index is 6.04. The Morgan fingerprint density at radius 2 is 1.90 bits per heavy atom. The Hall–Kier alpha value is -1.10. The summed E-state index contributed by atoms with van der Waals surface area (Å²) in [6.45, 7) is 6.84. The molecule has 0 saturated carbocycles. The first-order valence-corrected chi connectivity index (χ1v) is 7.61. The third kappa shape index (κ3) is 3.96. The fraction of sp³-hybridized carbons (Fsp3) is 0.467. The monoisotopic (exact) mass is 327 g/mol. The van der Waals surface area contributed by atoms with Gasteiger partial charge in [-0.2, -0.15) is 4.98 Å². The summed E-state index contributed by atoms with van der Waals surface area (Å²) in [5, 5.41) is 5.13. The summed E-state index contributed by atoms with van der Waals surface area (Å²) in [6.07, 6.45) is 0. The fourth-order valence-corrected chi connectivity index (χ4v) is 2.22. The van der Waals surface area contributed by atoms with E-state index >= 15 is 0 Å². The van der Waals surface area contributed by atoms with Gasteiger partial charge in [-0.15, -0.1) is 0 Å². The standard InChI is InChI=1S/C15H19Cl2N3O/c1-9(2)14-18-15(21-19-14)10(3)20(4)8-11-5-6-12(16)13(17)7-11/h5-7,9-10H,8H2,1-4H3. The summed E-state index contributed by atoms with van der Waals surface area (Å²) in [5.41, 5.74) is 1.09. The molecule has 0 radical (unpaired) electrons. The van der Waals surface area contributed by atoms with E-state index < -0.39 is 0 Å². The molecule has 2 aromatic rings. The number of hydrogen-bond donors (Lipinski definition) is 0. The van der Waals surface area contributed by atoms with Crippen molar-refractivity contribution < 1.29 is 4.52 Å². The molecule has 0 saturated heterocycles. The van der Waals surface area contributed by atoms with Crippen molar-refractivity contribution in [3.63, 3.8) is 0 Å². The van der Waals surface area contributed by atoms with Gasteiger partial charge in [0.15, 0.2) is 5.82 Å². The maximum absolute atomic E-state index is 6.04. The van der Waals surface area contributed by atoms with Crippen LogP contribution in [-0.4, -0.2) is 22.1 Å². The SMILES string of the molecule is CC(C)c1noc(C(C)N(C)Cc2ccc(Cl)c(Cl)c2)n1. The molecule has 1 aromatic carbocycles. The van der Waals surface area contributed by atoms with Crippen LogP contribution in [0.4, 0.5) is 0 Å². The Morgan fingerprint density at radius 1 is 1.19 bits per heavy atom. The van der Waals surface area contributed by atoms with E-state index in [1.165, 1.54) is 0 Å². The third-order valence-electron chi connectivity index (χ3n) is 3.41. The van der Waals surface area contributed by atoms with Gasteiger partial charge in [0.2, 0.25) is 5.89 Å². The highest BCUT2D eigenvalue weighted by Gasteiger charge is 2.20.